The van der Waals surface area contributed by atoms with Crippen molar-refractivity contribution >= 4 is 11.9 Å². The van der Waals surface area contributed by atoms with Gasteiger partial charge in [-0.25, -0.2) is 19.6 Å². The highest BCUT2D eigenvalue weighted by atomic mass is 16.6. The second kappa shape index (κ2) is 6.46. The molecule has 3 aliphatic rings. The summed E-state index contributed by atoms with van der Waals surface area (Å²) in [5.41, 5.74) is 0.561. The second-order valence-corrected chi connectivity index (χ2v) is 8.41. The highest BCUT2D eigenvalue weighted by molar-refractivity contribution is 5.88. The molecule has 2 aromatic heterocycles. The zero-order valence-electron chi connectivity index (χ0n) is 16.0. The van der Waals surface area contributed by atoms with Crippen LogP contribution >= 0.6 is 0 Å². The Labute approximate surface area is 162 Å². The van der Waals surface area contributed by atoms with Crippen LogP contribution in [0.3, 0.4) is 0 Å². The average molecular weight is 384 g/mol. The number of aromatic nitrogens is 4. The van der Waals surface area contributed by atoms with Crippen LogP contribution in [0.1, 0.15) is 46.7 Å². The Hall–Kier alpha value is -2.64. The van der Waals surface area contributed by atoms with Gasteiger partial charge in [0.2, 0.25) is 0 Å². The van der Waals surface area contributed by atoms with Crippen LogP contribution in [0.25, 0.3) is 0 Å². The minimum absolute atomic E-state index is 0.256. The third-order valence-electron chi connectivity index (χ3n) is 6.75. The van der Waals surface area contributed by atoms with Crippen LogP contribution in [0.2, 0.25) is 0 Å². The van der Waals surface area contributed by atoms with Crippen molar-refractivity contribution in [1.82, 2.24) is 19.1 Å². The Morgan fingerprint density at radius 2 is 1.32 bits per heavy atom. The number of carbonyl (C=O) groups is 2. The standard InChI is InChI=1S/C20H24N4O4/c1-23-7-15(21-9-23)19(25)27-17-13-6-14(12-5-3-4-11(12)13)18(17)28-20(26)16-8-24(2)10-22-16/h7-14,17-18H,3-6H2,1-2H3. The first-order chi connectivity index (χ1) is 13.5. The van der Waals surface area contributed by atoms with Gasteiger partial charge in [0.05, 0.1) is 12.7 Å². The first-order valence-corrected chi connectivity index (χ1v) is 9.89. The van der Waals surface area contributed by atoms with Crippen molar-refractivity contribution in [3.8, 4) is 0 Å². The Morgan fingerprint density at radius 3 is 1.71 bits per heavy atom. The van der Waals surface area contributed by atoms with Crippen molar-refractivity contribution < 1.29 is 19.1 Å². The summed E-state index contributed by atoms with van der Waals surface area (Å²) in [6.45, 7) is 0. The van der Waals surface area contributed by atoms with Gasteiger partial charge in [0.1, 0.15) is 12.2 Å². The molecule has 0 amide bonds. The first kappa shape index (κ1) is 17.5. The molecule has 6 atom stereocenters. The number of carbonyl (C=O) groups excluding carboxylic acids is 2. The number of rotatable bonds is 4. The number of fused-ring (bicyclic) bond motifs is 5. The van der Waals surface area contributed by atoms with Crippen LogP contribution in [-0.2, 0) is 23.6 Å². The number of ether oxygens (including phenoxy) is 2. The first-order valence-electron chi connectivity index (χ1n) is 9.89. The summed E-state index contributed by atoms with van der Waals surface area (Å²) in [7, 11) is 3.61. The van der Waals surface area contributed by atoms with Crippen LogP contribution in [0, 0.1) is 23.7 Å². The number of hydrogen-bond acceptors (Lipinski definition) is 6. The fourth-order valence-electron chi connectivity index (χ4n) is 5.70. The van der Waals surface area contributed by atoms with Gasteiger partial charge in [0.25, 0.3) is 0 Å². The van der Waals surface area contributed by atoms with Crippen molar-refractivity contribution in [2.24, 2.45) is 37.8 Å². The van der Waals surface area contributed by atoms with Crippen LogP contribution < -0.4 is 0 Å². The second-order valence-electron chi connectivity index (χ2n) is 8.41. The summed E-state index contributed by atoms with van der Waals surface area (Å²) < 4.78 is 15.2. The van der Waals surface area contributed by atoms with E-state index in [1.165, 1.54) is 19.3 Å². The van der Waals surface area contributed by atoms with E-state index in [0.29, 0.717) is 11.8 Å². The molecule has 5 rings (SSSR count). The highest BCUT2D eigenvalue weighted by Crippen LogP contribution is 2.60. The van der Waals surface area contributed by atoms with E-state index in [0.717, 1.165) is 6.42 Å². The molecule has 148 valence electrons. The summed E-state index contributed by atoms with van der Waals surface area (Å²) in [6.07, 6.45) is 10.1. The van der Waals surface area contributed by atoms with Crippen LogP contribution in [0.15, 0.2) is 25.0 Å². The number of aryl methyl sites for hydroxylation is 2. The molecule has 0 aliphatic heterocycles. The molecular weight excluding hydrogens is 360 g/mol. The van der Waals surface area contributed by atoms with Crippen molar-refractivity contribution in [3.63, 3.8) is 0 Å². The monoisotopic (exact) mass is 384 g/mol. The van der Waals surface area contributed by atoms with Gasteiger partial charge in [-0.2, -0.15) is 0 Å². The van der Waals surface area contributed by atoms with E-state index in [-0.39, 0.29) is 23.2 Å². The van der Waals surface area contributed by atoms with E-state index in [4.69, 9.17) is 9.47 Å². The number of imidazole rings is 2. The van der Waals surface area contributed by atoms with Gasteiger partial charge in [-0.15, -0.1) is 0 Å². The summed E-state index contributed by atoms with van der Waals surface area (Å²) in [4.78, 5) is 33.4. The largest absolute Gasteiger partial charge is 0.453 e. The molecule has 3 saturated carbocycles. The lowest BCUT2D eigenvalue weighted by Gasteiger charge is -2.36. The Kier molecular flexibility index (Phi) is 4.03. The SMILES string of the molecule is Cn1cnc(C(=O)OC2C3CC(C4CCCC43)C2OC(=O)c2cn(C)cn2)c1. The molecule has 6 unspecified atom stereocenters. The number of nitrogens with zero attached hydrogens (tertiary/aromatic N) is 4. The van der Waals surface area contributed by atoms with E-state index >= 15 is 0 Å². The molecule has 0 radical (unpaired) electrons. The normalized spacial score (nSPS) is 33.1. The van der Waals surface area contributed by atoms with E-state index in [9.17, 15) is 9.59 Å². The van der Waals surface area contributed by atoms with Gasteiger partial charge in [-0.05, 0) is 31.1 Å². The topological polar surface area (TPSA) is 88.2 Å². The summed E-state index contributed by atoms with van der Waals surface area (Å²) in [5.74, 6) is 0.740. The summed E-state index contributed by atoms with van der Waals surface area (Å²) >= 11 is 0. The maximum atomic E-state index is 12.6. The molecular formula is C20H24N4O4. The maximum Gasteiger partial charge on any atom is 0.358 e. The average Bonchev–Trinajstić information content (AvgIpc) is 3.43. The Bertz CT molecular complexity index is 847. The molecule has 2 bridgehead atoms. The van der Waals surface area contributed by atoms with Crippen molar-refractivity contribution in [1.29, 1.82) is 0 Å². The molecule has 2 aromatic rings. The minimum atomic E-state index is -0.452. The minimum Gasteiger partial charge on any atom is -0.453 e. The Balaban J connectivity index is 1.38. The predicted molar refractivity (Wildman–Crippen MR) is 97.3 cm³/mol. The van der Waals surface area contributed by atoms with Crippen molar-refractivity contribution in [3.05, 3.63) is 36.4 Å². The van der Waals surface area contributed by atoms with E-state index in [1.54, 1.807) is 34.2 Å². The predicted octanol–water partition coefficient (Wildman–Crippen LogP) is 1.97. The molecule has 3 fully saturated rings. The van der Waals surface area contributed by atoms with Gasteiger partial charge in [-0.1, -0.05) is 6.42 Å². The molecule has 28 heavy (non-hydrogen) atoms. The summed E-state index contributed by atoms with van der Waals surface area (Å²) in [6, 6.07) is 0. The molecule has 0 N–H and O–H groups in total. The quantitative estimate of drug-likeness (QED) is 0.749. The third-order valence-corrected chi connectivity index (χ3v) is 6.75. The smallest absolute Gasteiger partial charge is 0.358 e. The van der Waals surface area contributed by atoms with Crippen LogP contribution in [-0.4, -0.2) is 43.2 Å². The lowest BCUT2D eigenvalue weighted by molar-refractivity contribution is -0.0770. The van der Waals surface area contributed by atoms with Crippen molar-refractivity contribution in [2.45, 2.75) is 37.9 Å². The summed E-state index contributed by atoms with van der Waals surface area (Å²) in [5, 5.41) is 0. The molecule has 0 saturated heterocycles. The van der Waals surface area contributed by atoms with Crippen molar-refractivity contribution in [2.75, 3.05) is 0 Å². The third kappa shape index (κ3) is 2.73. The van der Waals surface area contributed by atoms with Gasteiger partial charge >= 0.3 is 11.9 Å². The highest BCUT2D eigenvalue weighted by Gasteiger charge is 2.62. The molecule has 8 nitrogen and oxygen atoms in total. The van der Waals surface area contributed by atoms with E-state index in [2.05, 4.69) is 9.97 Å². The molecule has 8 heteroatoms. The van der Waals surface area contributed by atoms with Gasteiger partial charge in [0.15, 0.2) is 11.4 Å². The fourth-order valence-corrected chi connectivity index (χ4v) is 5.70. The fraction of sp³-hybridized carbons (Fsp3) is 0.600. The number of esters is 2. The lowest BCUT2D eigenvalue weighted by Crippen LogP contribution is -2.45. The molecule has 3 aliphatic carbocycles. The van der Waals surface area contributed by atoms with E-state index < -0.39 is 24.1 Å². The zero-order valence-corrected chi connectivity index (χ0v) is 16.0. The maximum absolute atomic E-state index is 12.6. The van der Waals surface area contributed by atoms with Crippen LogP contribution in [0.5, 0.6) is 0 Å². The van der Waals surface area contributed by atoms with E-state index in [1.807, 2.05) is 14.1 Å². The number of hydrogen-bond donors (Lipinski definition) is 0. The van der Waals surface area contributed by atoms with Gasteiger partial charge in [0, 0.05) is 38.3 Å². The lowest BCUT2D eigenvalue weighted by atomic mass is 9.78. The molecule has 2 heterocycles. The van der Waals surface area contributed by atoms with Gasteiger partial charge < -0.3 is 18.6 Å². The molecule has 0 spiro atoms. The Morgan fingerprint density at radius 1 is 0.857 bits per heavy atom. The van der Waals surface area contributed by atoms with Gasteiger partial charge in [-0.3, -0.25) is 0 Å². The zero-order chi connectivity index (χ0) is 19.4. The molecule has 0 aromatic carbocycles. The van der Waals surface area contributed by atoms with Crippen LogP contribution in [0.4, 0.5) is 0 Å².